The third-order valence-electron chi connectivity index (χ3n) is 2.93. The molecule has 0 unspecified atom stereocenters. The predicted octanol–water partition coefficient (Wildman–Crippen LogP) is 2.33. The molecule has 1 aromatic carbocycles. The second kappa shape index (κ2) is 3.65. The van der Waals surface area contributed by atoms with Crippen LogP contribution in [-0.4, -0.2) is 5.66 Å². The molecule has 0 radical (unpaired) electrons. The summed E-state index contributed by atoms with van der Waals surface area (Å²) in [5.41, 5.74) is 12.7. The van der Waals surface area contributed by atoms with Crippen LogP contribution in [0.5, 0.6) is 0 Å². The van der Waals surface area contributed by atoms with Gasteiger partial charge in [0.25, 0.3) is 0 Å². The van der Waals surface area contributed by atoms with Crippen LogP contribution >= 0.6 is 15.9 Å². The molecule has 0 saturated heterocycles. The van der Waals surface area contributed by atoms with Gasteiger partial charge >= 0.3 is 0 Å². The normalized spacial score (nSPS) is 25.2. The maximum absolute atomic E-state index is 5.90. The van der Waals surface area contributed by atoms with Crippen molar-refractivity contribution in [2.75, 3.05) is 0 Å². The second-order valence-electron chi connectivity index (χ2n) is 4.22. The predicted molar refractivity (Wildman–Crippen MR) is 61.8 cm³/mol. The molecule has 0 aromatic heterocycles. The molecule has 0 aliphatic heterocycles. The van der Waals surface area contributed by atoms with Crippen molar-refractivity contribution in [3.05, 3.63) is 34.3 Å². The topological polar surface area (TPSA) is 52.0 Å². The van der Waals surface area contributed by atoms with Gasteiger partial charge in [-0.1, -0.05) is 28.1 Å². The van der Waals surface area contributed by atoms with Gasteiger partial charge in [0, 0.05) is 4.47 Å². The fourth-order valence-corrected chi connectivity index (χ4v) is 2.39. The Morgan fingerprint density at radius 2 is 1.86 bits per heavy atom. The molecule has 1 aliphatic carbocycles. The van der Waals surface area contributed by atoms with E-state index in [1.807, 2.05) is 0 Å². The Hall–Kier alpha value is -0.380. The summed E-state index contributed by atoms with van der Waals surface area (Å²) >= 11 is 3.43. The minimum Gasteiger partial charge on any atom is -0.313 e. The summed E-state index contributed by atoms with van der Waals surface area (Å²) in [6, 6.07) is 8.44. The van der Waals surface area contributed by atoms with Crippen molar-refractivity contribution in [1.82, 2.24) is 0 Å². The van der Waals surface area contributed by atoms with E-state index in [1.165, 1.54) is 5.56 Å². The Labute approximate surface area is 92.8 Å². The molecule has 2 rings (SSSR count). The van der Waals surface area contributed by atoms with Gasteiger partial charge in [-0.25, -0.2) is 0 Å². The lowest BCUT2D eigenvalue weighted by atomic mass is 9.97. The summed E-state index contributed by atoms with van der Waals surface area (Å²) in [4.78, 5) is 0. The van der Waals surface area contributed by atoms with E-state index in [0.29, 0.717) is 5.92 Å². The van der Waals surface area contributed by atoms with E-state index in [0.717, 1.165) is 23.7 Å². The quantitative estimate of drug-likeness (QED) is 0.757. The van der Waals surface area contributed by atoms with Crippen molar-refractivity contribution in [3.8, 4) is 0 Å². The molecule has 1 aromatic rings. The van der Waals surface area contributed by atoms with Gasteiger partial charge in [0.1, 0.15) is 0 Å². The minimum absolute atomic E-state index is 0.447. The van der Waals surface area contributed by atoms with Gasteiger partial charge in [-0.2, -0.15) is 0 Å². The Morgan fingerprint density at radius 1 is 1.21 bits per heavy atom. The average molecular weight is 255 g/mol. The number of nitrogens with two attached hydrogens (primary N) is 2. The number of hydrogen-bond acceptors (Lipinski definition) is 2. The zero-order chi connectivity index (χ0) is 10.2. The first-order chi connectivity index (χ1) is 6.57. The van der Waals surface area contributed by atoms with Gasteiger partial charge < -0.3 is 11.5 Å². The van der Waals surface area contributed by atoms with Gasteiger partial charge in [0.05, 0.1) is 5.66 Å². The molecule has 4 N–H and O–H groups in total. The Morgan fingerprint density at radius 3 is 2.36 bits per heavy atom. The zero-order valence-corrected chi connectivity index (χ0v) is 9.63. The summed E-state index contributed by atoms with van der Waals surface area (Å²) in [5, 5.41) is 0. The molecule has 1 atom stereocenters. The van der Waals surface area contributed by atoms with Gasteiger partial charge in [0.2, 0.25) is 0 Å². The van der Waals surface area contributed by atoms with Crippen molar-refractivity contribution in [3.63, 3.8) is 0 Å². The number of hydrogen-bond donors (Lipinski definition) is 2. The molecule has 3 heteroatoms. The summed E-state index contributed by atoms with van der Waals surface area (Å²) < 4.78 is 1.12. The molecule has 76 valence electrons. The number of benzene rings is 1. The van der Waals surface area contributed by atoms with Gasteiger partial charge in [-0.3, -0.25) is 0 Å². The number of rotatable bonds is 1. The van der Waals surface area contributed by atoms with Crippen LogP contribution in [0.4, 0.5) is 0 Å². The molecule has 14 heavy (non-hydrogen) atoms. The van der Waals surface area contributed by atoms with Gasteiger partial charge in [-0.15, -0.1) is 0 Å². The van der Waals surface area contributed by atoms with Crippen molar-refractivity contribution < 1.29 is 0 Å². The van der Waals surface area contributed by atoms with Crippen LogP contribution in [0.15, 0.2) is 28.7 Å². The highest BCUT2D eigenvalue weighted by molar-refractivity contribution is 9.10. The molecular weight excluding hydrogens is 240 g/mol. The minimum atomic E-state index is -0.447. The molecular formula is C11H15BrN2. The van der Waals surface area contributed by atoms with Gasteiger partial charge in [0.15, 0.2) is 0 Å². The lowest BCUT2D eigenvalue weighted by Crippen LogP contribution is -2.46. The van der Waals surface area contributed by atoms with Crippen LogP contribution in [0.3, 0.4) is 0 Å². The first-order valence-corrected chi connectivity index (χ1v) is 5.69. The molecule has 0 amide bonds. The summed E-state index contributed by atoms with van der Waals surface area (Å²) in [5.74, 6) is 0.540. The highest BCUT2D eigenvalue weighted by Gasteiger charge is 2.32. The van der Waals surface area contributed by atoms with Crippen LogP contribution in [0.25, 0.3) is 0 Å². The van der Waals surface area contributed by atoms with E-state index in [9.17, 15) is 0 Å². The summed E-state index contributed by atoms with van der Waals surface area (Å²) in [6.07, 6.45) is 2.93. The van der Waals surface area contributed by atoms with E-state index in [-0.39, 0.29) is 0 Å². The lowest BCUT2D eigenvalue weighted by molar-refractivity contribution is 0.452. The molecule has 1 aliphatic rings. The first kappa shape index (κ1) is 10.1. The van der Waals surface area contributed by atoms with Crippen molar-refractivity contribution in [2.45, 2.75) is 30.8 Å². The Kier molecular flexibility index (Phi) is 2.64. The third kappa shape index (κ3) is 2.16. The summed E-state index contributed by atoms with van der Waals surface area (Å²) in [7, 11) is 0. The third-order valence-corrected chi connectivity index (χ3v) is 3.45. The highest BCUT2D eigenvalue weighted by Crippen LogP contribution is 2.37. The second-order valence-corrected chi connectivity index (χ2v) is 5.14. The molecule has 1 fully saturated rings. The molecule has 0 spiro atoms. The van der Waals surface area contributed by atoms with Crippen LogP contribution in [0, 0.1) is 0 Å². The van der Waals surface area contributed by atoms with Crippen molar-refractivity contribution in [1.29, 1.82) is 0 Å². The fraction of sp³-hybridized carbons (Fsp3) is 0.455. The molecule has 0 bridgehead atoms. The van der Waals surface area contributed by atoms with E-state index >= 15 is 0 Å². The van der Waals surface area contributed by atoms with E-state index < -0.39 is 5.66 Å². The largest absolute Gasteiger partial charge is 0.313 e. The Bertz CT molecular complexity index is 319. The average Bonchev–Trinajstić information content (AvgIpc) is 2.47. The van der Waals surface area contributed by atoms with Crippen LogP contribution in [-0.2, 0) is 0 Å². The molecule has 2 nitrogen and oxygen atoms in total. The first-order valence-electron chi connectivity index (χ1n) is 4.90. The van der Waals surface area contributed by atoms with Crippen molar-refractivity contribution in [2.24, 2.45) is 11.5 Å². The fourth-order valence-electron chi connectivity index (χ4n) is 2.13. The van der Waals surface area contributed by atoms with Crippen LogP contribution in [0.2, 0.25) is 0 Å². The smallest absolute Gasteiger partial charge is 0.0642 e. The lowest BCUT2D eigenvalue weighted by Gasteiger charge is -2.17. The Balaban J connectivity index is 2.14. The standard InChI is InChI=1S/C11H15BrN2/c12-10-3-1-8(2-4-10)9-5-6-11(13,14)7-9/h1-4,9H,5-7,13-14H2/t9-/m1/s1. The van der Waals surface area contributed by atoms with Gasteiger partial charge in [-0.05, 0) is 42.9 Å². The maximum Gasteiger partial charge on any atom is 0.0642 e. The summed E-state index contributed by atoms with van der Waals surface area (Å²) in [6.45, 7) is 0. The monoisotopic (exact) mass is 254 g/mol. The van der Waals surface area contributed by atoms with Crippen LogP contribution in [0.1, 0.15) is 30.7 Å². The van der Waals surface area contributed by atoms with E-state index in [1.54, 1.807) is 0 Å². The van der Waals surface area contributed by atoms with Crippen LogP contribution < -0.4 is 11.5 Å². The molecule has 0 heterocycles. The zero-order valence-electron chi connectivity index (χ0n) is 8.04. The number of halogens is 1. The van der Waals surface area contributed by atoms with E-state index in [4.69, 9.17) is 11.5 Å². The van der Waals surface area contributed by atoms with Crippen molar-refractivity contribution >= 4 is 15.9 Å². The molecule has 1 saturated carbocycles. The van der Waals surface area contributed by atoms with E-state index in [2.05, 4.69) is 40.2 Å². The highest BCUT2D eigenvalue weighted by atomic mass is 79.9. The maximum atomic E-state index is 5.90. The SMILES string of the molecule is NC1(N)CC[C@@H](c2ccc(Br)cc2)C1.